The molecular weight excluding hydrogens is 292 g/mol. The van der Waals surface area contributed by atoms with Crippen LogP contribution < -0.4 is 11.1 Å². The van der Waals surface area contributed by atoms with Gasteiger partial charge in [0.1, 0.15) is 15.4 Å². The Balaban J connectivity index is 2.32. The van der Waals surface area contributed by atoms with Crippen molar-refractivity contribution in [1.29, 1.82) is 0 Å². The first kappa shape index (κ1) is 15.6. The Bertz CT molecular complexity index is 555. The molecule has 1 saturated carbocycles. The minimum atomic E-state index is -0.543. The highest BCUT2D eigenvalue weighted by Crippen LogP contribution is 2.42. The van der Waals surface area contributed by atoms with Gasteiger partial charge in [-0.15, -0.1) is 11.3 Å². The Morgan fingerprint density at radius 2 is 2.10 bits per heavy atom. The Morgan fingerprint density at radius 1 is 1.38 bits per heavy atom. The summed E-state index contributed by atoms with van der Waals surface area (Å²) in [5.41, 5.74) is 6.31. The number of ether oxygens (including phenoxy) is 2. The Morgan fingerprint density at radius 3 is 2.62 bits per heavy atom. The SMILES string of the molecule is CCOC(=O)c1c(NC2CC2CC)sc(C(=O)OC)c1N. The third-order valence-electron chi connectivity index (χ3n) is 3.56. The molecule has 0 bridgehead atoms. The Labute approximate surface area is 127 Å². The number of rotatable bonds is 6. The van der Waals surface area contributed by atoms with Gasteiger partial charge in [0, 0.05) is 6.04 Å². The van der Waals surface area contributed by atoms with Crippen molar-refractivity contribution in [3.8, 4) is 0 Å². The van der Waals surface area contributed by atoms with Crippen LogP contribution in [0.25, 0.3) is 0 Å². The van der Waals surface area contributed by atoms with Crippen molar-refractivity contribution in [3.63, 3.8) is 0 Å². The second-order valence-corrected chi connectivity index (χ2v) is 5.94. The Kier molecular flexibility index (Phi) is 4.72. The highest BCUT2D eigenvalue weighted by atomic mass is 32.1. The number of hydrogen-bond acceptors (Lipinski definition) is 7. The molecule has 0 amide bonds. The summed E-state index contributed by atoms with van der Waals surface area (Å²) in [5.74, 6) is -0.457. The van der Waals surface area contributed by atoms with Gasteiger partial charge < -0.3 is 20.5 Å². The molecule has 0 spiro atoms. The summed E-state index contributed by atoms with van der Waals surface area (Å²) in [6.07, 6.45) is 2.14. The molecule has 1 heterocycles. The third kappa shape index (κ3) is 3.12. The largest absolute Gasteiger partial charge is 0.465 e. The topological polar surface area (TPSA) is 90.6 Å². The van der Waals surface area contributed by atoms with Crippen LogP contribution in [0, 0.1) is 5.92 Å². The second-order valence-electron chi connectivity index (χ2n) is 4.92. The first-order valence-corrected chi connectivity index (χ1v) is 7.79. The molecule has 0 aromatic carbocycles. The predicted molar refractivity (Wildman–Crippen MR) is 81.8 cm³/mol. The van der Waals surface area contributed by atoms with Crippen LogP contribution in [0.4, 0.5) is 10.7 Å². The van der Waals surface area contributed by atoms with Gasteiger partial charge in [0.2, 0.25) is 0 Å². The first-order chi connectivity index (χ1) is 10.0. The fourth-order valence-corrected chi connectivity index (χ4v) is 3.33. The van der Waals surface area contributed by atoms with Gasteiger partial charge in [0.25, 0.3) is 0 Å². The van der Waals surface area contributed by atoms with E-state index in [1.165, 1.54) is 7.11 Å². The number of hydrogen-bond donors (Lipinski definition) is 2. The molecule has 21 heavy (non-hydrogen) atoms. The molecule has 1 fully saturated rings. The molecule has 1 aliphatic carbocycles. The predicted octanol–water partition coefficient (Wildman–Crippen LogP) is 2.50. The fraction of sp³-hybridized carbons (Fsp3) is 0.571. The molecule has 0 radical (unpaired) electrons. The molecule has 7 heteroatoms. The quantitative estimate of drug-likeness (QED) is 0.784. The summed E-state index contributed by atoms with van der Waals surface area (Å²) in [7, 11) is 1.28. The summed E-state index contributed by atoms with van der Waals surface area (Å²) in [6.45, 7) is 4.10. The van der Waals surface area contributed by atoms with Crippen LogP contribution in [-0.2, 0) is 9.47 Å². The van der Waals surface area contributed by atoms with Gasteiger partial charge >= 0.3 is 11.9 Å². The summed E-state index contributed by atoms with van der Waals surface area (Å²) in [5, 5.41) is 3.88. The normalized spacial score (nSPS) is 20.0. The standard InChI is InChI=1S/C14H20N2O4S/c1-4-7-6-8(7)16-12-9(13(17)20-5-2)10(15)11(21-12)14(18)19-3/h7-8,16H,4-6,15H2,1-3H3. The number of nitrogens with two attached hydrogens (primary N) is 1. The number of carbonyl (C=O) groups excluding carboxylic acids is 2. The highest BCUT2D eigenvalue weighted by molar-refractivity contribution is 7.19. The Hall–Kier alpha value is -1.76. The first-order valence-electron chi connectivity index (χ1n) is 6.97. The molecule has 6 nitrogen and oxygen atoms in total. The molecule has 116 valence electrons. The van der Waals surface area contributed by atoms with E-state index >= 15 is 0 Å². The summed E-state index contributed by atoms with van der Waals surface area (Å²) >= 11 is 1.14. The van der Waals surface area contributed by atoms with E-state index in [1.54, 1.807) is 6.92 Å². The number of methoxy groups -OCH3 is 1. The van der Waals surface area contributed by atoms with Crippen molar-refractivity contribution < 1.29 is 19.1 Å². The molecule has 1 aliphatic rings. The van der Waals surface area contributed by atoms with E-state index in [4.69, 9.17) is 15.2 Å². The van der Waals surface area contributed by atoms with E-state index < -0.39 is 11.9 Å². The number of thiophene rings is 1. The van der Waals surface area contributed by atoms with E-state index in [1.807, 2.05) is 0 Å². The molecule has 0 saturated heterocycles. The van der Waals surface area contributed by atoms with Crippen LogP contribution in [0.2, 0.25) is 0 Å². The molecular formula is C14H20N2O4S. The summed E-state index contributed by atoms with van der Waals surface area (Å²) < 4.78 is 9.73. The van der Waals surface area contributed by atoms with Crippen LogP contribution in [0.1, 0.15) is 46.7 Å². The average Bonchev–Trinajstić information content (AvgIpc) is 3.13. The number of nitrogen functional groups attached to an aromatic ring is 1. The zero-order valence-electron chi connectivity index (χ0n) is 12.4. The van der Waals surface area contributed by atoms with Crippen LogP contribution in [-0.4, -0.2) is 31.7 Å². The summed E-state index contributed by atoms with van der Waals surface area (Å²) in [4.78, 5) is 24.0. The van der Waals surface area contributed by atoms with Crippen LogP contribution in [0.3, 0.4) is 0 Å². The monoisotopic (exact) mass is 312 g/mol. The van der Waals surface area contributed by atoms with E-state index in [0.717, 1.165) is 24.2 Å². The smallest absolute Gasteiger partial charge is 0.350 e. The van der Waals surface area contributed by atoms with Crippen molar-refractivity contribution in [2.75, 3.05) is 24.8 Å². The van der Waals surface area contributed by atoms with Crippen LogP contribution in [0.15, 0.2) is 0 Å². The lowest BCUT2D eigenvalue weighted by Crippen LogP contribution is -2.12. The molecule has 1 aromatic rings. The molecule has 2 atom stereocenters. The van der Waals surface area contributed by atoms with Gasteiger partial charge in [-0.25, -0.2) is 9.59 Å². The average molecular weight is 312 g/mol. The third-order valence-corrected chi connectivity index (χ3v) is 4.68. The van der Waals surface area contributed by atoms with Gasteiger partial charge in [0.05, 0.1) is 19.4 Å². The molecule has 1 aromatic heterocycles. The van der Waals surface area contributed by atoms with Crippen molar-refractivity contribution in [1.82, 2.24) is 0 Å². The van der Waals surface area contributed by atoms with Crippen molar-refractivity contribution in [2.45, 2.75) is 32.7 Å². The number of carbonyl (C=O) groups is 2. The molecule has 2 rings (SSSR count). The van der Waals surface area contributed by atoms with Crippen molar-refractivity contribution in [3.05, 3.63) is 10.4 Å². The number of anilines is 2. The van der Waals surface area contributed by atoms with Gasteiger partial charge in [-0.3, -0.25) is 0 Å². The van der Waals surface area contributed by atoms with E-state index in [2.05, 4.69) is 12.2 Å². The zero-order valence-corrected chi connectivity index (χ0v) is 13.2. The van der Waals surface area contributed by atoms with E-state index in [0.29, 0.717) is 17.0 Å². The lowest BCUT2D eigenvalue weighted by molar-refractivity contribution is 0.0529. The highest BCUT2D eigenvalue weighted by Gasteiger charge is 2.37. The maximum absolute atomic E-state index is 12.1. The minimum Gasteiger partial charge on any atom is -0.465 e. The van der Waals surface area contributed by atoms with Gasteiger partial charge in [-0.2, -0.15) is 0 Å². The lowest BCUT2D eigenvalue weighted by Gasteiger charge is -2.07. The van der Waals surface area contributed by atoms with E-state index in [9.17, 15) is 9.59 Å². The second kappa shape index (κ2) is 6.34. The lowest BCUT2D eigenvalue weighted by atomic mass is 10.2. The van der Waals surface area contributed by atoms with Crippen molar-refractivity contribution in [2.24, 2.45) is 5.92 Å². The maximum atomic E-state index is 12.1. The molecule has 0 aliphatic heterocycles. The zero-order chi connectivity index (χ0) is 15.6. The maximum Gasteiger partial charge on any atom is 0.350 e. The van der Waals surface area contributed by atoms with Crippen LogP contribution in [0.5, 0.6) is 0 Å². The number of esters is 2. The fourth-order valence-electron chi connectivity index (χ4n) is 2.24. The van der Waals surface area contributed by atoms with Crippen molar-refractivity contribution >= 4 is 34.0 Å². The number of nitrogens with one attached hydrogen (secondary N) is 1. The van der Waals surface area contributed by atoms with Gasteiger partial charge in [-0.1, -0.05) is 13.3 Å². The van der Waals surface area contributed by atoms with Gasteiger partial charge in [0.15, 0.2) is 0 Å². The summed E-state index contributed by atoms with van der Waals surface area (Å²) in [6, 6.07) is 0.326. The molecule has 3 N–H and O–H groups in total. The van der Waals surface area contributed by atoms with Gasteiger partial charge in [-0.05, 0) is 19.3 Å². The van der Waals surface area contributed by atoms with Crippen LogP contribution >= 0.6 is 11.3 Å². The van der Waals surface area contributed by atoms with E-state index in [-0.39, 0.29) is 22.7 Å². The minimum absolute atomic E-state index is 0.126. The molecule has 2 unspecified atom stereocenters.